The van der Waals surface area contributed by atoms with Crippen molar-refractivity contribution in [3.63, 3.8) is 0 Å². The molecular formula is C21H23N3O3S. The van der Waals surface area contributed by atoms with Crippen molar-refractivity contribution in [3.05, 3.63) is 64.8 Å². The molecule has 1 aromatic heterocycles. The first-order valence-electron chi connectivity index (χ1n) is 9.40. The third-order valence-electron chi connectivity index (χ3n) is 5.42. The van der Waals surface area contributed by atoms with Gasteiger partial charge in [0.25, 0.3) is 5.91 Å². The number of amides is 1. The number of aryl methyl sites for hydroxylation is 2. The van der Waals surface area contributed by atoms with Crippen molar-refractivity contribution in [1.82, 2.24) is 10.3 Å². The molecule has 0 radical (unpaired) electrons. The second-order valence-corrected chi connectivity index (χ2v) is 8.92. The summed E-state index contributed by atoms with van der Waals surface area (Å²) in [4.78, 5) is 16.3. The number of benzene rings is 2. The van der Waals surface area contributed by atoms with Gasteiger partial charge in [0.1, 0.15) is 0 Å². The van der Waals surface area contributed by atoms with Crippen molar-refractivity contribution >= 4 is 26.8 Å². The Hall–Kier alpha value is -2.64. The minimum atomic E-state index is -3.72. The van der Waals surface area contributed by atoms with E-state index in [0.29, 0.717) is 5.56 Å². The van der Waals surface area contributed by atoms with E-state index in [2.05, 4.69) is 10.3 Å². The standard InChI is InChI=1S/C21H23N3O3S/c1-13(14-6-9-16(10-7-14)28(22,26)27)23-21(25)15-8-11-20-18(12-15)17-4-2-3-5-19(17)24-20/h6-13,24H,2-5H2,1H3,(H,23,25)(H2,22,26,27). The van der Waals surface area contributed by atoms with Crippen molar-refractivity contribution in [1.29, 1.82) is 0 Å². The van der Waals surface area contributed by atoms with Gasteiger partial charge in [0.15, 0.2) is 0 Å². The Morgan fingerprint density at radius 1 is 1.11 bits per heavy atom. The minimum Gasteiger partial charge on any atom is -0.358 e. The number of H-pyrrole nitrogens is 1. The minimum absolute atomic E-state index is 0.0532. The van der Waals surface area contributed by atoms with Crippen LogP contribution in [0.5, 0.6) is 0 Å². The van der Waals surface area contributed by atoms with Gasteiger partial charge in [-0.3, -0.25) is 4.79 Å². The smallest absolute Gasteiger partial charge is 0.251 e. The number of sulfonamides is 1. The molecule has 2 aromatic carbocycles. The zero-order valence-electron chi connectivity index (χ0n) is 15.7. The number of aromatic amines is 1. The number of fused-ring (bicyclic) bond motifs is 3. The molecule has 1 heterocycles. The Morgan fingerprint density at radius 2 is 1.82 bits per heavy atom. The van der Waals surface area contributed by atoms with E-state index in [1.165, 1.54) is 36.2 Å². The van der Waals surface area contributed by atoms with Crippen molar-refractivity contribution in [2.45, 2.75) is 43.5 Å². The van der Waals surface area contributed by atoms with Crippen molar-refractivity contribution in [2.75, 3.05) is 0 Å². The highest BCUT2D eigenvalue weighted by atomic mass is 32.2. The fourth-order valence-electron chi connectivity index (χ4n) is 3.86. The number of rotatable bonds is 4. The molecular weight excluding hydrogens is 374 g/mol. The Balaban J connectivity index is 1.54. The lowest BCUT2D eigenvalue weighted by Crippen LogP contribution is -2.26. The third-order valence-corrected chi connectivity index (χ3v) is 6.35. The summed E-state index contributed by atoms with van der Waals surface area (Å²) in [5, 5.41) is 9.23. The normalized spacial score (nSPS) is 15.2. The van der Waals surface area contributed by atoms with E-state index in [4.69, 9.17) is 5.14 Å². The van der Waals surface area contributed by atoms with Crippen LogP contribution in [-0.2, 0) is 22.9 Å². The number of carbonyl (C=O) groups excluding carboxylic acids is 1. The Morgan fingerprint density at radius 3 is 2.54 bits per heavy atom. The molecule has 3 aromatic rings. The average molecular weight is 398 g/mol. The van der Waals surface area contributed by atoms with Crippen molar-refractivity contribution in [3.8, 4) is 0 Å². The number of aromatic nitrogens is 1. The van der Waals surface area contributed by atoms with Gasteiger partial charge in [0.05, 0.1) is 10.9 Å². The van der Waals surface area contributed by atoms with Gasteiger partial charge in [-0.1, -0.05) is 12.1 Å². The molecule has 1 unspecified atom stereocenters. The molecule has 1 aliphatic rings. The molecule has 0 aliphatic heterocycles. The second kappa shape index (κ2) is 7.07. The summed E-state index contributed by atoms with van der Waals surface area (Å²) < 4.78 is 22.7. The lowest BCUT2D eigenvalue weighted by molar-refractivity contribution is 0.0940. The van der Waals surface area contributed by atoms with Gasteiger partial charge in [-0.2, -0.15) is 0 Å². The summed E-state index contributed by atoms with van der Waals surface area (Å²) in [7, 11) is -3.72. The summed E-state index contributed by atoms with van der Waals surface area (Å²) in [5.41, 5.74) is 5.13. The molecule has 0 fully saturated rings. The van der Waals surface area contributed by atoms with Crippen LogP contribution in [0, 0.1) is 0 Å². The highest BCUT2D eigenvalue weighted by molar-refractivity contribution is 7.89. The molecule has 0 bridgehead atoms. The molecule has 1 aliphatic carbocycles. The molecule has 28 heavy (non-hydrogen) atoms. The maximum absolute atomic E-state index is 12.8. The first-order chi connectivity index (χ1) is 13.3. The van der Waals surface area contributed by atoms with E-state index in [-0.39, 0.29) is 16.8 Å². The van der Waals surface area contributed by atoms with Gasteiger partial charge in [-0.15, -0.1) is 0 Å². The third kappa shape index (κ3) is 3.55. The van der Waals surface area contributed by atoms with Gasteiger partial charge in [0, 0.05) is 22.2 Å². The van der Waals surface area contributed by atoms with Gasteiger partial charge in [0.2, 0.25) is 10.0 Å². The summed E-state index contributed by atoms with van der Waals surface area (Å²) >= 11 is 0. The maximum atomic E-state index is 12.8. The predicted octanol–water partition coefficient (Wildman–Crippen LogP) is 3.19. The summed E-state index contributed by atoms with van der Waals surface area (Å²) in [6.07, 6.45) is 4.50. The van der Waals surface area contributed by atoms with Crippen molar-refractivity contribution in [2.24, 2.45) is 5.14 Å². The van der Waals surface area contributed by atoms with Crippen LogP contribution in [0.15, 0.2) is 47.4 Å². The highest BCUT2D eigenvalue weighted by Crippen LogP contribution is 2.29. The molecule has 0 saturated carbocycles. The number of primary sulfonamides is 1. The molecule has 0 saturated heterocycles. The highest BCUT2D eigenvalue weighted by Gasteiger charge is 2.18. The van der Waals surface area contributed by atoms with Gasteiger partial charge in [-0.05, 0) is 74.1 Å². The van der Waals surface area contributed by atoms with Crippen LogP contribution in [0.25, 0.3) is 10.9 Å². The number of hydrogen-bond acceptors (Lipinski definition) is 3. The van der Waals surface area contributed by atoms with Crippen LogP contribution in [0.4, 0.5) is 0 Å². The largest absolute Gasteiger partial charge is 0.358 e. The number of nitrogens with one attached hydrogen (secondary N) is 2. The molecule has 4 N–H and O–H groups in total. The molecule has 6 nitrogen and oxygen atoms in total. The Bertz CT molecular complexity index is 1150. The fourth-order valence-corrected chi connectivity index (χ4v) is 4.37. The first kappa shape index (κ1) is 18.7. The fraction of sp³-hybridized carbons (Fsp3) is 0.286. The van der Waals surface area contributed by atoms with Crippen LogP contribution in [-0.4, -0.2) is 19.3 Å². The van der Waals surface area contributed by atoms with E-state index >= 15 is 0 Å². The van der Waals surface area contributed by atoms with E-state index in [9.17, 15) is 13.2 Å². The molecule has 7 heteroatoms. The summed E-state index contributed by atoms with van der Waals surface area (Å²) in [6, 6.07) is 11.7. The van der Waals surface area contributed by atoms with E-state index < -0.39 is 10.0 Å². The summed E-state index contributed by atoms with van der Waals surface area (Å²) in [5.74, 6) is -0.157. The first-order valence-corrected chi connectivity index (χ1v) is 10.9. The van der Waals surface area contributed by atoms with Crippen LogP contribution < -0.4 is 10.5 Å². The van der Waals surface area contributed by atoms with Gasteiger partial charge >= 0.3 is 0 Å². The lowest BCUT2D eigenvalue weighted by Gasteiger charge is -2.15. The number of carbonyl (C=O) groups is 1. The van der Waals surface area contributed by atoms with Crippen molar-refractivity contribution < 1.29 is 13.2 Å². The molecule has 0 spiro atoms. The zero-order valence-corrected chi connectivity index (χ0v) is 16.5. The molecule has 1 atom stereocenters. The molecule has 146 valence electrons. The van der Waals surface area contributed by atoms with Gasteiger partial charge < -0.3 is 10.3 Å². The average Bonchev–Trinajstić information content (AvgIpc) is 3.05. The van der Waals surface area contributed by atoms with E-state index in [1.54, 1.807) is 12.1 Å². The Kier molecular flexibility index (Phi) is 4.72. The van der Waals surface area contributed by atoms with Gasteiger partial charge in [-0.25, -0.2) is 13.6 Å². The quantitative estimate of drug-likeness (QED) is 0.629. The van der Waals surface area contributed by atoms with Crippen LogP contribution in [0.3, 0.4) is 0 Å². The topological polar surface area (TPSA) is 105 Å². The number of hydrogen-bond donors (Lipinski definition) is 3. The number of nitrogens with two attached hydrogens (primary N) is 1. The molecule has 4 rings (SSSR count). The predicted molar refractivity (Wildman–Crippen MR) is 109 cm³/mol. The molecule has 1 amide bonds. The van der Waals surface area contributed by atoms with E-state index in [0.717, 1.165) is 29.3 Å². The SMILES string of the molecule is CC(NC(=O)c1ccc2[nH]c3c(c2c1)CCCC3)c1ccc(S(N)(=O)=O)cc1. The maximum Gasteiger partial charge on any atom is 0.251 e. The van der Waals surface area contributed by atoms with E-state index in [1.807, 2.05) is 25.1 Å². The van der Waals surface area contributed by atoms with Crippen LogP contribution >= 0.6 is 0 Å². The zero-order chi connectivity index (χ0) is 19.9. The summed E-state index contributed by atoms with van der Waals surface area (Å²) in [6.45, 7) is 1.86. The Labute approximate surface area is 164 Å². The monoisotopic (exact) mass is 397 g/mol. The second-order valence-electron chi connectivity index (χ2n) is 7.36. The lowest BCUT2D eigenvalue weighted by atomic mass is 9.95. The van der Waals surface area contributed by atoms with Crippen LogP contribution in [0.2, 0.25) is 0 Å². The van der Waals surface area contributed by atoms with Crippen LogP contribution in [0.1, 0.15) is 53.0 Å².